The first-order valence-electron chi connectivity index (χ1n) is 3.66. The van der Waals surface area contributed by atoms with Crippen LogP contribution in [0.2, 0.25) is 0 Å². The predicted molar refractivity (Wildman–Crippen MR) is 36.5 cm³/mol. The topological polar surface area (TPSA) is 26.3 Å². The van der Waals surface area contributed by atoms with Crippen LogP contribution in [0.4, 0.5) is 13.2 Å². The molecule has 0 aromatic heterocycles. The first-order chi connectivity index (χ1) is 5.43. The van der Waals surface area contributed by atoms with Crippen molar-refractivity contribution in [1.82, 2.24) is 0 Å². The number of carbonyl (C=O) groups excluding carboxylic acids is 1. The zero-order valence-corrected chi connectivity index (χ0v) is 6.94. The zero-order chi connectivity index (χ0) is 9.78. The van der Waals surface area contributed by atoms with Gasteiger partial charge in [0.1, 0.15) is 0 Å². The molecule has 0 aliphatic carbocycles. The van der Waals surface area contributed by atoms with Gasteiger partial charge in [-0.05, 0) is 13.3 Å². The lowest BCUT2D eigenvalue weighted by Crippen LogP contribution is -2.31. The fraction of sp³-hybridized carbons (Fsp3) is 0.857. The number of esters is 1. The van der Waals surface area contributed by atoms with E-state index in [2.05, 4.69) is 4.74 Å². The van der Waals surface area contributed by atoms with Gasteiger partial charge in [0, 0.05) is 0 Å². The number of halogens is 3. The molecule has 0 saturated carbocycles. The van der Waals surface area contributed by atoms with Gasteiger partial charge in [-0.1, -0.05) is 6.92 Å². The van der Waals surface area contributed by atoms with Crippen molar-refractivity contribution in [2.45, 2.75) is 26.4 Å². The van der Waals surface area contributed by atoms with E-state index < -0.39 is 18.1 Å². The summed E-state index contributed by atoms with van der Waals surface area (Å²) in [5, 5.41) is 0. The largest absolute Gasteiger partial charge is 0.466 e. The molecule has 0 heterocycles. The molecule has 0 radical (unpaired) electrons. The van der Waals surface area contributed by atoms with Crippen LogP contribution in [-0.2, 0) is 9.53 Å². The molecule has 0 unspecified atom stereocenters. The molecule has 1 atom stereocenters. The van der Waals surface area contributed by atoms with Crippen LogP contribution < -0.4 is 0 Å². The summed E-state index contributed by atoms with van der Waals surface area (Å²) in [5.74, 6) is -3.16. The van der Waals surface area contributed by atoms with Crippen LogP contribution in [0.25, 0.3) is 0 Å². The van der Waals surface area contributed by atoms with Gasteiger partial charge >= 0.3 is 12.1 Å². The maximum Gasteiger partial charge on any atom is 0.402 e. The van der Waals surface area contributed by atoms with Crippen LogP contribution in [0.5, 0.6) is 0 Å². The van der Waals surface area contributed by atoms with Crippen molar-refractivity contribution < 1.29 is 22.7 Å². The highest BCUT2D eigenvalue weighted by Gasteiger charge is 2.44. The second kappa shape index (κ2) is 4.33. The van der Waals surface area contributed by atoms with Gasteiger partial charge in [-0.25, -0.2) is 0 Å². The number of hydrogen-bond acceptors (Lipinski definition) is 2. The molecule has 2 nitrogen and oxygen atoms in total. The molecule has 0 aliphatic rings. The molecule has 0 bridgehead atoms. The summed E-state index contributed by atoms with van der Waals surface area (Å²) in [6, 6.07) is 0. The lowest BCUT2D eigenvalue weighted by atomic mass is 10.1. The summed E-state index contributed by atoms with van der Waals surface area (Å²) in [4.78, 5) is 10.7. The lowest BCUT2D eigenvalue weighted by molar-refractivity contribution is -0.197. The molecular formula is C7H11F3O2. The molecule has 12 heavy (non-hydrogen) atoms. The Morgan fingerprint density at radius 3 is 2.17 bits per heavy atom. The number of hydrogen-bond donors (Lipinski definition) is 0. The van der Waals surface area contributed by atoms with E-state index in [1.165, 1.54) is 13.8 Å². The first-order valence-corrected chi connectivity index (χ1v) is 3.66. The van der Waals surface area contributed by atoms with Gasteiger partial charge in [-0.15, -0.1) is 0 Å². The number of carbonyl (C=O) groups is 1. The number of ether oxygens (including phenoxy) is 1. The third-order valence-electron chi connectivity index (χ3n) is 1.37. The molecule has 0 fully saturated rings. The van der Waals surface area contributed by atoms with Crippen molar-refractivity contribution in [1.29, 1.82) is 0 Å². The van der Waals surface area contributed by atoms with Crippen molar-refractivity contribution in [3.63, 3.8) is 0 Å². The molecule has 72 valence electrons. The van der Waals surface area contributed by atoms with Gasteiger partial charge in [0.15, 0.2) is 5.92 Å². The molecule has 5 heteroatoms. The number of rotatable bonds is 3. The van der Waals surface area contributed by atoms with Crippen molar-refractivity contribution >= 4 is 5.97 Å². The highest BCUT2D eigenvalue weighted by atomic mass is 19.4. The average molecular weight is 184 g/mol. The summed E-state index contributed by atoms with van der Waals surface area (Å²) in [7, 11) is 0. The summed E-state index contributed by atoms with van der Waals surface area (Å²) < 4.78 is 40.2. The van der Waals surface area contributed by atoms with Gasteiger partial charge in [0.2, 0.25) is 0 Å². The Morgan fingerprint density at radius 1 is 1.42 bits per heavy atom. The standard InChI is InChI=1S/C7H11F3O2/c1-3-5(7(8,9)10)6(11)12-4-2/h5H,3-4H2,1-2H3/t5-/m1/s1. The molecule has 0 aromatic carbocycles. The Labute approximate surface area is 68.7 Å². The Hall–Kier alpha value is -0.740. The second-order valence-electron chi connectivity index (χ2n) is 2.25. The summed E-state index contributed by atoms with van der Waals surface area (Å²) >= 11 is 0. The molecule has 0 rings (SSSR count). The highest BCUT2D eigenvalue weighted by Crippen LogP contribution is 2.29. The van der Waals surface area contributed by atoms with E-state index in [1.807, 2.05) is 0 Å². The van der Waals surface area contributed by atoms with E-state index in [4.69, 9.17) is 0 Å². The fourth-order valence-electron chi connectivity index (χ4n) is 0.775. The van der Waals surface area contributed by atoms with Crippen molar-refractivity contribution in [3.8, 4) is 0 Å². The van der Waals surface area contributed by atoms with E-state index in [1.54, 1.807) is 0 Å². The Morgan fingerprint density at radius 2 is 1.92 bits per heavy atom. The minimum atomic E-state index is -4.49. The van der Waals surface area contributed by atoms with Crippen LogP contribution in [0, 0.1) is 5.92 Å². The normalized spacial score (nSPS) is 14.1. The van der Waals surface area contributed by atoms with Crippen LogP contribution in [-0.4, -0.2) is 18.8 Å². The zero-order valence-electron chi connectivity index (χ0n) is 6.94. The maximum atomic E-state index is 12.0. The van der Waals surface area contributed by atoms with E-state index in [-0.39, 0.29) is 13.0 Å². The maximum absolute atomic E-state index is 12.0. The first kappa shape index (κ1) is 11.3. The number of alkyl halides is 3. The quantitative estimate of drug-likeness (QED) is 0.628. The third-order valence-corrected chi connectivity index (χ3v) is 1.37. The molecule has 0 amide bonds. The Bertz CT molecular complexity index is 153. The highest BCUT2D eigenvalue weighted by molar-refractivity contribution is 5.73. The molecule has 0 N–H and O–H groups in total. The SMILES string of the molecule is CCOC(=O)[C@@H](CC)C(F)(F)F. The minimum absolute atomic E-state index is 0.0224. The minimum Gasteiger partial charge on any atom is -0.466 e. The van der Waals surface area contributed by atoms with Crippen LogP contribution in [0.3, 0.4) is 0 Å². The van der Waals surface area contributed by atoms with Crippen molar-refractivity contribution in [2.24, 2.45) is 5.92 Å². The van der Waals surface area contributed by atoms with Gasteiger partial charge < -0.3 is 4.74 Å². The van der Waals surface area contributed by atoms with Gasteiger partial charge in [-0.3, -0.25) is 4.79 Å². The fourth-order valence-corrected chi connectivity index (χ4v) is 0.775. The lowest BCUT2D eigenvalue weighted by Gasteiger charge is -2.16. The molecular weight excluding hydrogens is 173 g/mol. The van der Waals surface area contributed by atoms with Crippen LogP contribution >= 0.6 is 0 Å². The average Bonchev–Trinajstić information content (AvgIpc) is 1.85. The van der Waals surface area contributed by atoms with Crippen LogP contribution in [0.15, 0.2) is 0 Å². The monoisotopic (exact) mass is 184 g/mol. The third kappa shape index (κ3) is 3.11. The van der Waals surface area contributed by atoms with Gasteiger partial charge in [0.05, 0.1) is 6.61 Å². The summed E-state index contributed by atoms with van der Waals surface area (Å²) in [5.41, 5.74) is 0. The smallest absolute Gasteiger partial charge is 0.402 e. The van der Waals surface area contributed by atoms with Crippen LogP contribution in [0.1, 0.15) is 20.3 Å². The molecule has 0 aromatic rings. The van der Waals surface area contributed by atoms with E-state index in [0.29, 0.717) is 0 Å². The molecule has 0 spiro atoms. The van der Waals surface area contributed by atoms with Gasteiger partial charge in [-0.2, -0.15) is 13.2 Å². The summed E-state index contributed by atoms with van der Waals surface area (Å²) in [6.45, 7) is 2.75. The van der Waals surface area contributed by atoms with Crippen molar-refractivity contribution in [2.75, 3.05) is 6.61 Å². The Kier molecular flexibility index (Phi) is 4.06. The second-order valence-corrected chi connectivity index (χ2v) is 2.25. The van der Waals surface area contributed by atoms with E-state index >= 15 is 0 Å². The molecule has 0 saturated heterocycles. The van der Waals surface area contributed by atoms with E-state index in [0.717, 1.165) is 0 Å². The van der Waals surface area contributed by atoms with E-state index in [9.17, 15) is 18.0 Å². The van der Waals surface area contributed by atoms with Gasteiger partial charge in [0.25, 0.3) is 0 Å². The molecule has 0 aliphatic heterocycles. The summed E-state index contributed by atoms with van der Waals surface area (Å²) in [6.07, 6.45) is -4.76. The Balaban J connectivity index is 4.25. The predicted octanol–water partition coefficient (Wildman–Crippen LogP) is 2.14. The van der Waals surface area contributed by atoms with Crippen molar-refractivity contribution in [3.05, 3.63) is 0 Å².